The number of rotatable bonds is 8. The minimum Gasteiger partial charge on any atom is -0.320 e. The highest BCUT2D eigenvalue weighted by molar-refractivity contribution is 7.89. The first-order valence-corrected chi connectivity index (χ1v) is 9.09. The van der Waals surface area contributed by atoms with Crippen molar-refractivity contribution in [2.75, 3.05) is 13.6 Å². The summed E-state index contributed by atoms with van der Waals surface area (Å²) in [6, 6.07) is 7.04. The molecule has 114 valence electrons. The maximum Gasteiger partial charge on any atom is 0.240 e. The number of thiazole rings is 1. The lowest BCUT2D eigenvalue weighted by Gasteiger charge is -2.07. The Labute approximate surface area is 129 Å². The summed E-state index contributed by atoms with van der Waals surface area (Å²) in [5, 5.41) is 5.67. The van der Waals surface area contributed by atoms with E-state index in [0.29, 0.717) is 0 Å². The molecule has 2 N–H and O–H groups in total. The summed E-state index contributed by atoms with van der Waals surface area (Å²) in [5.41, 5.74) is 1.14. The maximum absolute atomic E-state index is 12.2. The summed E-state index contributed by atoms with van der Waals surface area (Å²) in [6.07, 6.45) is 3.63. The fraction of sp³-hybridized carbons (Fsp3) is 0.357. The van der Waals surface area contributed by atoms with Crippen LogP contribution in [0.2, 0.25) is 0 Å². The smallest absolute Gasteiger partial charge is 0.240 e. The van der Waals surface area contributed by atoms with Crippen molar-refractivity contribution in [2.24, 2.45) is 0 Å². The molecule has 2 rings (SSSR count). The predicted molar refractivity (Wildman–Crippen MR) is 84.8 cm³/mol. The molecule has 0 atom stereocenters. The Hall–Kier alpha value is -1.28. The van der Waals surface area contributed by atoms with E-state index in [9.17, 15) is 8.42 Å². The van der Waals surface area contributed by atoms with Gasteiger partial charge in [0, 0.05) is 11.6 Å². The fourth-order valence-electron chi connectivity index (χ4n) is 1.88. The number of aromatic nitrogens is 1. The van der Waals surface area contributed by atoms with Crippen LogP contribution in [0, 0.1) is 0 Å². The largest absolute Gasteiger partial charge is 0.320 e. The minimum atomic E-state index is -3.47. The van der Waals surface area contributed by atoms with Crippen LogP contribution in [-0.2, 0) is 23.0 Å². The Morgan fingerprint density at radius 3 is 2.62 bits per heavy atom. The van der Waals surface area contributed by atoms with Crippen LogP contribution in [-0.4, -0.2) is 27.0 Å². The van der Waals surface area contributed by atoms with E-state index in [-0.39, 0.29) is 11.4 Å². The number of nitrogens with one attached hydrogen (secondary N) is 2. The van der Waals surface area contributed by atoms with Gasteiger partial charge < -0.3 is 5.32 Å². The standard InChI is InChI=1S/C14H19N3O2S2/c1-15-8-2-3-12-4-6-13(7-5-12)21(18,19)17-11-14-16-9-10-20-14/h4-7,9-10,15,17H,2-3,8,11H2,1H3. The monoisotopic (exact) mass is 325 g/mol. The molecule has 1 aromatic heterocycles. The molecule has 0 aliphatic rings. The highest BCUT2D eigenvalue weighted by atomic mass is 32.2. The van der Waals surface area contributed by atoms with Gasteiger partial charge >= 0.3 is 0 Å². The molecular formula is C14H19N3O2S2. The van der Waals surface area contributed by atoms with Crippen LogP contribution < -0.4 is 10.0 Å². The van der Waals surface area contributed by atoms with E-state index in [1.807, 2.05) is 24.6 Å². The van der Waals surface area contributed by atoms with Crippen LogP contribution in [0.5, 0.6) is 0 Å². The number of aryl methyl sites for hydroxylation is 1. The molecule has 7 heteroatoms. The summed E-state index contributed by atoms with van der Waals surface area (Å²) in [4.78, 5) is 4.34. The van der Waals surface area contributed by atoms with Gasteiger partial charge in [0.25, 0.3) is 0 Å². The van der Waals surface area contributed by atoms with E-state index in [0.717, 1.165) is 30.0 Å². The molecule has 0 saturated heterocycles. The van der Waals surface area contributed by atoms with Crippen LogP contribution in [0.1, 0.15) is 17.0 Å². The molecule has 2 aromatic rings. The molecule has 0 radical (unpaired) electrons. The number of sulfonamides is 1. The first kappa shape index (κ1) is 16.1. The molecular weight excluding hydrogens is 306 g/mol. The molecule has 5 nitrogen and oxygen atoms in total. The van der Waals surface area contributed by atoms with Gasteiger partial charge in [0.2, 0.25) is 10.0 Å². The maximum atomic E-state index is 12.2. The third-order valence-electron chi connectivity index (χ3n) is 3.02. The second-order valence-electron chi connectivity index (χ2n) is 4.60. The average Bonchev–Trinajstić information content (AvgIpc) is 3.00. The van der Waals surface area contributed by atoms with Crippen molar-refractivity contribution < 1.29 is 8.42 Å². The summed E-state index contributed by atoms with van der Waals surface area (Å²) in [6.45, 7) is 1.18. The van der Waals surface area contributed by atoms with Gasteiger partial charge in [-0.3, -0.25) is 0 Å². The van der Waals surface area contributed by atoms with Gasteiger partial charge in [-0.15, -0.1) is 11.3 Å². The highest BCUT2D eigenvalue weighted by Crippen LogP contribution is 2.13. The van der Waals surface area contributed by atoms with Crippen molar-refractivity contribution in [3.63, 3.8) is 0 Å². The quantitative estimate of drug-likeness (QED) is 0.726. The van der Waals surface area contributed by atoms with Crippen LogP contribution in [0.15, 0.2) is 40.7 Å². The Bertz CT molecular complexity index is 637. The predicted octanol–water partition coefficient (Wildman–Crippen LogP) is 1.77. The van der Waals surface area contributed by atoms with Gasteiger partial charge in [0.15, 0.2) is 0 Å². The van der Waals surface area contributed by atoms with Gasteiger partial charge in [-0.1, -0.05) is 12.1 Å². The molecule has 0 aliphatic carbocycles. The topological polar surface area (TPSA) is 71.1 Å². The fourth-order valence-corrected chi connectivity index (χ4v) is 3.52. The summed E-state index contributed by atoms with van der Waals surface area (Å²) in [7, 11) is -1.55. The zero-order valence-electron chi connectivity index (χ0n) is 11.9. The Morgan fingerprint density at radius 2 is 2.00 bits per heavy atom. The van der Waals surface area contributed by atoms with Crippen LogP contribution in [0.25, 0.3) is 0 Å². The molecule has 1 aromatic carbocycles. The van der Waals surface area contributed by atoms with Crippen LogP contribution in [0.3, 0.4) is 0 Å². The van der Waals surface area contributed by atoms with E-state index < -0.39 is 10.0 Å². The lowest BCUT2D eigenvalue weighted by molar-refractivity contribution is 0.581. The lowest BCUT2D eigenvalue weighted by Crippen LogP contribution is -2.23. The van der Waals surface area contributed by atoms with Crippen molar-refractivity contribution in [3.05, 3.63) is 46.4 Å². The summed E-state index contributed by atoms with van der Waals surface area (Å²) in [5.74, 6) is 0. The van der Waals surface area contributed by atoms with E-state index in [1.54, 1.807) is 18.3 Å². The average molecular weight is 325 g/mol. The van der Waals surface area contributed by atoms with Gasteiger partial charge in [0.1, 0.15) is 5.01 Å². The molecule has 0 amide bonds. The first-order chi connectivity index (χ1) is 10.1. The second kappa shape index (κ2) is 7.65. The van der Waals surface area contributed by atoms with Gasteiger partial charge in [-0.05, 0) is 44.1 Å². The molecule has 0 aliphatic heterocycles. The van der Waals surface area contributed by atoms with E-state index in [4.69, 9.17) is 0 Å². The van der Waals surface area contributed by atoms with Crippen molar-refractivity contribution >= 4 is 21.4 Å². The van der Waals surface area contributed by atoms with E-state index >= 15 is 0 Å². The van der Waals surface area contributed by atoms with Crippen molar-refractivity contribution in [1.82, 2.24) is 15.0 Å². The SMILES string of the molecule is CNCCCc1ccc(S(=O)(=O)NCc2nccs2)cc1. The molecule has 0 unspecified atom stereocenters. The molecule has 21 heavy (non-hydrogen) atoms. The molecule has 0 bridgehead atoms. The van der Waals surface area contributed by atoms with Gasteiger partial charge in [-0.25, -0.2) is 18.1 Å². The third-order valence-corrected chi connectivity index (χ3v) is 5.22. The Balaban J connectivity index is 1.96. The number of hydrogen-bond acceptors (Lipinski definition) is 5. The highest BCUT2D eigenvalue weighted by Gasteiger charge is 2.13. The van der Waals surface area contributed by atoms with Crippen molar-refractivity contribution in [2.45, 2.75) is 24.3 Å². The zero-order valence-corrected chi connectivity index (χ0v) is 13.5. The number of benzene rings is 1. The van der Waals surface area contributed by atoms with E-state index in [1.165, 1.54) is 11.3 Å². The second-order valence-corrected chi connectivity index (χ2v) is 7.35. The molecule has 0 spiro atoms. The zero-order chi connectivity index (χ0) is 15.1. The summed E-state index contributed by atoms with van der Waals surface area (Å²) >= 11 is 1.43. The molecule has 0 fully saturated rings. The van der Waals surface area contributed by atoms with Gasteiger partial charge in [-0.2, -0.15) is 0 Å². The normalized spacial score (nSPS) is 11.7. The lowest BCUT2D eigenvalue weighted by atomic mass is 10.1. The molecule has 0 saturated carbocycles. The summed E-state index contributed by atoms with van der Waals surface area (Å²) < 4.78 is 26.9. The number of hydrogen-bond donors (Lipinski definition) is 2. The van der Waals surface area contributed by atoms with E-state index in [2.05, 4.69) is 15.0 Å². The Kier molecular flexibility index (Phi) is 5.86. The van der Waals surface area contributed by atoms with Crippen molar-refractivity contribution in [1.29, 1.82) is 0 Å². The van der Waals surface area contributed by atoms with Crippen LogP contribution >= 0.6 is 11.3 Å². The Morgan fingerprint density at radius 1 is 1.24 bits per heavy atom. The van der Waals surface area contributed by atoms with Gasteiger partial charge in [0.05, 0.1) is 11.4 Å². The van der Waals surface area contributed by atoms with Crippen LogP contribution in [0.4, 0.5) is 0 Å². The number of nitrogens with zero attached hydrogens (tertiary/aromatic N) is 1. The molecule has 1 heterocycles. The first-order valence-electron chi connectivity index (χ1n) is 6.73. The third kappa shape index (κ3) is 4.89. The van der Waals surface area contributed by atoms with Crippen molar-refractivity contribution in [3.8, 4) is 0 Å². The minimum absolute atomic E-state index is 0.226.